The van der Waals surface area contributed by atoms with Crippen molar-refractivity contribution in [2.24, 2.45) is 0 Å². The van der Waals surface area contributed by atoms with Crippen molar-refractivity contribution in [3.05, 3.63) is 82.4 Å². The van der Waals surface area contributed by atoms with Crippen molar-refractivity contribution in [1.29, 1.82) is 0 Å². The number of rotatable bonds is 3. The van der Waals surface area contributed by atoms with Crippen molar-refractivity contribution in [2.45, 2.75) is 36.4 Å². The number of aromatic hydroxyl groups is 8. The van der Waals surface area contributed by atoms with E-state index in [9.17, 15) is 56.2 Å². The van der Waals surface area contributed by atoms with Gasteiger partial charge in [0.2, 0.25) is 0 Å². The first-order valence-corrected chi connectivity index (χ1v) is 12.9. The first-order valence-electron chi connectivity index (χ1n) is 12.9. The van der Waals surface area contributed by atoms with Crippen LogP contribution in [0.15, 0.2) is 54.6 Å². The molecule has 6 unspecified atom stereocenters. The fourth-order valence-corrected chi connectivity index (χ4v) is 5.65. The van der Waals surface area contributed by atoms with Crippen LogP contribution in [0.2, 0.25) is 0 Å². The van der Waals surface area contributed by atoms with Gasteiger partial charge in [0.1, 0.15) is 41.3 Å². The molecule has 2 heterocycles. The van der Waals surface area contributed by atoms with Gasteiger partial charge in [-0.3, -0.25) is 0 Å². The average molecular weight is 595 g/mol. The van der Waals surface area contributed by atoms with Crippen LogP contribution in [0, 0.1) is 0 Å². The van der Waals surface area contributed by atoms with Crippen molar-refractivity contribution >= 4 is 0 Å². The number of hydrogen-bond donors (Lipinski definition) is 11. The summed E-state index contributed by atoms with van der Waals surface area (Å²) in [6.45, 7) is 0. The predicted octanol–water partition coefficient (Wildman–Crippen LogP) is 2.49. The highest BCUT2D eigenvalue weighted by atomic mass is 16.5. The number of ether oxygens (including phenoxy) is 2. The highest BCUT2D eigenvalue weighted by molar-refractivity contribution is 5.59. The summed E-state index contributed by atoms with van der Waals surface area (Å²) in [7, 11) is 0. The lowest BCUT2D eigenvalue weighted by Crippen LogP contribution is -2.36. The van der Waals surface area contributed by atoms with E-state index in [-0.39, 0.29) is 39.5 Å². The third kappa shape index (κ3) is 4.46. The lowest BCUT2D eigenvalue weighted by Gasteiger charge is -2.39. The minimum absolute atomic E-state index is 0.0189. The van der Waals surface area contributed by atoms with Crippen molar-refractivity contribution in [2.75, 3.05) is 0 Å². The Morgan fingerprint density at radius 2 is 0.953 bits per heavy atom. The van der Waals surface area contributed by atoms with Gasteiger partial charge in [-0.1, -0.05) is 6.07 Å². The minimum atomic E-state index is -1.65. The summed E-state index contributed by atoms with van der Waals surface area (Å²) in [6.07, 6.45) is -7.40. The maximum atomic E-state index is 11.6. The number of fused-ring (bicyclic) bond motifs is 2. The fraction of sp³-hybridized carbons (Fsp3) is 0.200. The summed E-state index contributed by atoms with van der Waals surface area (Å²) < 4.78 is 11.8. The standard InChI is InChI=1S/C30H26O13/c31-12-1-2-13-21(7-12)42-29(10-3-17(33)25(38)18(34)4-10)27(40)23(13)14-8-15-22(9-16(14)32)43-30(28(41)24(15)37)11-5-19(35)26(39)20(36)6-11/h1-9,23-24,27-41H. The molecule has 2 aliphatic heterocycles. The molecule has 0 radical (unpaired) electrons. The number of phenols is 8. The van der Waals surface area contributed by atoms with Crippen LogP contribution >= 0.6 is 0 Å². The summed E-state index contributed by atoms with van der Waals surface area (Å²) in [5.74, 6) is -5.94. The van der Waals surface area contributed by atoms with Gasteiger partial charge in [-0.15, -0.1) is 0 Å². The number of hydrogen-bond acceptors (Lipinski definition) is 13. The van der Waals surface area contributed by atoms with Crippen LogP contribution in [-0.4, -0.2) is 68.4 Å². The van der Waals surface area contributed by atoms with Crippen LogP contribution in [0.25, 0.3) is 0 Å². The molecule has 2 aliphatic rings. The second-order valence-electron chi connectivity index (χ2n) is 10.5. The third-order valence-corrected chi connectivity index (χ3v) is 7.78. The van der Waals surface area contributed by atoms with E-state index in [1.807, 2.05) is 0 Å². The maximum Gasteiger partial charge on any atom is 0.200 e. The molecule has 224 valence electrons. The van der Waals surface area contributed by atoms with Crippen LogP contribution in [0.3, 0.4) is 0 Å². The molecule has 0 bridgehead atoms. The van der Waals surface area contributed by atoms with Crippen LogP contribution in [-0.2, 0) is 0 Å². The quantitative estimate of drug-likeness (QED) is 0.153. The zero-order valence-electron chi connectivity index (χ0n) is 21.9. The van der Waals surface area contributed by atoms with Crippen molar-refractivity contribution in [3.63, 3.8) is 0 Å². The molecule has 4 aromatic carbocycles. The fourth-order valence-electron chi connectivity index (χ4n) is 5.65. The molecule has 6 atom stereocenters. The summed E-state index contributed by atoms with van der Waals surface area (Å²) in [6, 6.07) is 10.8. The summed E-state index contributed by atoms with van der Waals surface area (Å²) in [5, 5.41) is 114. The molecular weight excluding hydrogens is 568 g/mol. The van der Waals surface area contributed by atoms with Crippen LogP contribution in [0.1, 0.15) is 52.0 Å². The molecule has 11 N–H and O–H groups in total. The van der Waals surface area contributed by atoms with Gasteiger partial charge < -0.3 is 65.6 Å². The molecule has 0 aromatic heterocycles. The van der Waals surface area contributed by atoms with Gasteiger partial charge in [-0.25, -0.2) is 0 Å². The number of phenolic OH excluding ortho intramolecular Hbond substituents is 8. The van der Waals surface area contributed by atoms with E-state index in [4.69, 9.17) is 9.47 Å². The smallest absolute Gasteiger partial charge is 0.200 e. The summed E-state index contributed by atoms with van der Waals surface area (Å²) in [5.41, 5.74) is 0.485. The van der Waals surface area contributed by atoms with E-state index < -0.39 is 76.7 Å². The Morgan fingerprint density at radius 3 is 1.49 bits per heavy atom. The SMILES string of the molecule is Oc1ccc2c(c1)OC(c1cc(O)c(O)c(O)c1)C(O)C2c1cc2c(cc1O)OC(c1cc(O)c(O)c(O)c1)C(O)C2O. The van der Waals surface area contributed by atoms with E-state index in [0.717, 1.165) is 30.3 Å². The first kappa shape index (κ1) is 27.9. The zero-order valence-corrected chi connectivity index (χ0v) is 21.9. The molecule has 0 fully saturated rings. The Morgan fingerprint density at radius 1 is 0.465 bits per heavy atom. The van der Waals surface area contributed by atoms with E-state index in [0.29, 0.717) is 5.56 Å². The molecule has 13 heteroatoms. The van der Waals surface area contributed by atoms with Crippen LogP contribution in [0.4, 0.5) is 0 Å². The van der Waals surface area contributed by atoms with Gasteiger partial charge in [0.15, 0.2) is 46.7 Å². The highest BCUT2D eigenvalue weighted by Gasteiger charge is 2.43. The Kier molecular flexibility index (Phi) is 6.45. The molecule has 0 saturated heterocycles. The molecule has 43 heavy (non-hydrogen) atoms. The molecule has 0 saturated carbocycles. The second kappa shape index (κ2) is 9.94. The molecule has 0 aliphatic carbocycles. The number of aliphatic hydroxyl groups excluding tert-OH is 3. The average Bonchev–Trinajstić information content (AvgIpc) is 2.96. The Balaban J connectivity index is 1.45. The normalized spacial score (nSPS) is 24.3. The Labute approximate surface area is 242 Å². The number of aliphatic hydroxyl groups is 3. The van der Waals surface area contributed by atoms with E-state index >= 15 is 0 Å². The Hall–Kier alpha value is -5.24. The van der Waals surface area contributed by atoms with E-state index in [1.165, 1.54) is 24.3 Å². The van der Waals surface area contributed by atoms with Gasteiger partial charge in [0, 0.05) is 45.9 Å². The van der Waals surface area contributed by atoms with Crippen molar-refractivity contribution < 1.29 is 65.6 Å². The van der Waals surface area contributed by atoms with Gasteiger partial charge in [-0.2, -0.15) is 0 Å². The lowest BCUT2D eigenvalue weighted by atomic mass is 9.78. The van der Waals surface area contributed by atoms with E-state index in [2.05, 4.69) is 0 Å². The van der Waals surface area contributed by atoms with Crippen molar-refractivity contribution in [1.82, 2.24) is 0 Å². The molecular formula is C30H26O13. The summed E-state index contributed by atoms with van der Waals surface area (Å²) >= 11 is 0. The molecule has 0 amide bonds. The summed E-state index contributed by atoms with van der Waals surface area (Å²) in [4.78, 5) is 0. The van der Waals surface area contributed by atoms with Crippen LogP contribution in [0.5, 0.6) is 57.5 Å². The zero-order chi connectivity index (χ0) is 30.9. The largest absolute Gasteiger partial charge is 0.508 e. The monoisotopic (exact) mass is 594 g/mol. The van der Waals surface area contributed by atoms with Gasteiger partial charge in [-0.05, 0) is 36.4 Å². The molecule has 4 aromatic rings. The second-order valence-corrected chi connectivity index (χ2v) is 10.5. The molecule has 0 spiro atoms. The highest BCUT2D eigenvalue weighted by Crippen LogP contribution is 2.53. The topological polar surface area (TPSA) is 241 Å². The predicted molar refractivity (Wildman–Crippen MR) is 145 cm³/mol. The maximum absolute atomic E-state index is 11.6. The Bertz CT molecular complexity index is 1710. The first-order chi connectivity index (χ1) is 20.3. The molecule has 6 rings (SSSR count). The number of benzene rings is 4. The van der Waals surface area contributed by atoms with E-state index in [1.54, 1.807) is 0 Å². The van der Waals surface area contributed by atoms with Crippen LogP contribution < -0.4 is 9.47 Å². The molecule has 13 nitrogen and oxygen atoms in total. The van der Waals surface area contributed by atoms with Crippen molar-refractivity contribution in [3.8, 4) is 57.5 Å². The lowest BCUT2D eigenvalue weighted by molar-refractivity contribution is -0.0703. The minimum Gasteiger partial charge on any atom is -0.508 e. The third-order valence-electron chi connectivity index (χ3n) is 7.78. The van der Waals surface area contributed by atoms with Gasteiger partial charge >= 0.3 is 0 Å². The van der Waals surface area contributed by atoms with Gasteiger partial charge in [0.05, 0.1) is 0 Å². The van der Waals surface area contributed by atoms with Gasteiger partial charge in [0.25, 0.3) is 0 Å².